The van der Waals surface area contributed by atoms with Gasteiger partial charge in [-0.3, -0.25) is 14.8 Å². The van der Waals surface area contributed by atoms with E-state index in [0.717, 1.165) is 11.3 Å². The Balaban J connectivity index is 1.76. The van der Waals surface area contributed by atoms with Crippen molar-refractivity contribution in [1.82, 2.24) is 4.98 Å². The number of hydrogen-bond donors (Lipinski definition) is 2. The molecule has 0 atom stereocenters. The predicted molar refractivity (Wildman–Crippen MR) is 103 cm³/mol. The maximum Gasteiger partial charge on any atom is 0.261 e. The summed E-state index contributed by atoms with van der Waals surface area (Å²) in [4.78, 5) is 16.5. The zero-order valence-corrected chi connectivity index (χ0v) is 15.8. The summed E-state index contributed by atoms with van der Waals surface area (Å²) in [6.07, 6.45) is 0. The first-order valence-corrected chi connectivity index (χ1v) is 10.1. The van der Waals surface area contributed by atoms with Crippen molar-refractivity contribution < 1.29 is 13.2 Å². The molecule has 3 aromatic rings. The molecule has 2 N–H and O–H groups in total. The van der Waals surface area contributed by atoms with Crippen LogP contribution in [0.3, 0.4) is 0 Å². The van der Waals surface area contributed by atoms with E-state index >= 15 is 0 Å². The molecule has 0 fully saturated rings. The molecule has 0 spiro atoms. The normalized spacial score (nSPS) is 11.2. The number of carbonyl (C=O) groups is 1. The molecule has 26 heavy (non-hydrogen) atoms. The number of rotatable bonds is 5. The second-order valence-corrected chi connectivity index (χ2v) is 8.23. The Morgan fingerprint density at radius 2 is 1.73 bits per heavy atom. The van der Waals surface area contributed by atoms with Crippen molar-refractivity contribution in [2.45, 2.75) is 18.7 Å². The molecule has 1 heterocycles. The first-order valence-electron chi connectivity index (χ1n) is 7.77. The smallest absolute Gasteiger partial charge is 0.261 e. The number of anilines is 2. The molecule has 8 heteroatoms. The molecule has 0 aliphatic rings. The van der Waals surface area contributed by atoms with Crippen LogP contribution in [-0.2, 0) is 10.0 Å². The van der Waals surface area contributed by atoms with Crippen LogP contribution in [0.4, 0.5) is 10.8 Å². The zero-order chi connectivity index (χ0) is 18.7. The van der Waals surface area contributed by atoms with E-state index in [1.807, 2.05) is 31.4 Å². The van der Waals surface area contributed by atoms with E-state index in [9.17, 15) is 13.2 Å². The minimum Gasteiger partial charge on any atom is -0.298 e. The van der Waals surface area contributed by atoms with Gasteiger partial charge in [-0.2, -0.15) is 0 Å². The van der Waals surface area contributed by atoms with Crippen molar-refractivity contribution in [3.63, 3.8) is 0 Å². The van der Waals surface area contributed by atoms with Crippen LogP contribution in [0.15, 0.2) is 58.8 Å². The molecule has 0 unspecified atom stereocenters. The van der Waals surface area contributed by atoms with Gasteiger partial charge in [-0.1, -0.05) is 18.2 Å². The van der Waals surface area contributed by atoms with E-state index in [0.29, 0.717) is 16.4 Å². The van der Waals surface area contributed by atoms with Crippen molar-refractivity contribution in [1.29, 1.82) is 0 Å². The highest BCUT2D eigenvalue weighted by molar-refractivity contribution is 7.92. The number of carbonyl (C=O) groups excluding carboxylic acids is 1. The average Bonchev–Trinajstić information content (AvgIpc) is 3.02. The molecular formula is C18H17N3O3S2. The molecule has 3 rings (SSSR count). The predicted octanol–water partition coefficient (Wildman–Crippen LogP) is 3.81. The van der Waals surface area contributed by atoms with Gasteiger partial charge in [-0.15, -0.1) is 11.3 Å². The third-order valence-electron chi connectivity index (χ3n) is 3.66. The molecule has 0 radical (unpaired) electrons. The van der Waals surface area contributed by atoms with Crippen LogP contribution in [-0.4, -0.2) is 19.3 Å². The van der Waals surface area contributed by atoms with Gasteiger partial charge in [0, 0.05) is 10.9 Å². The SMILES string of the molecule is Cc1csc(NC(=O)c2ccc(S(=O)(=O)Nc3ccccc3C)cc2)n1. The first kappa shape index (κ1) is 18.1. The average molecular weight is 387 g/mol. The molecule has 0 bridgehead atoms. The van der Waals surface area contributed by atoms with Crippen LogP contribution in [0, 0.1) is 13.8 Å². The lowest BCUT2D eigenvalue weighted by atomic mass is 10.2. The lowest BCUT2D eigenvalue weighted by Crippen LogP contribution is -2.15. The second kappa shape index (κ2) is 7.27. The molecule has 134 valence electrons. The summed E-state index contributed by atoms with van der Waals surface area (Å²) in [5.41, 5.74) is 2.53. The topological polar surface area (TPSA) is 88.2 Å². The molecular weight excluding hydrogens is 370 g/mol. The lowest BCUT2D eigenvalue weighted by Gasteiger charge is -2.10. The number of para-hydroxylation sites is 1. The molecule has 1 aromatic heterocycles. The molecule has 2 aromatic carbocycles. The van der Waals surface area contributed by atoms with E-state index < -0.39 is 10.0 Å². The third-order valence-corrected chi connectivity index (χ3v) is 5.91. The van der Waals surface area contributed by atoms with Crippen LogP contribution in [0.25, 0.3) is 0 Å². The summed E-state index contributed by atoms with van der Waals surface area (Å²) in [6, 6.07) is 12.9. The van der Waals surface area contributed by atoms with E-state index in [1.54, 1.807) is 12.1 Å². The summed E-state index contributed by atoms with van der Waals surface area (Å²) in [5, 5.41) is 5.03. The molecule has 0 saturated carbocycles. The minimum absolute atomic E-state index is 0.0856. The monoisotopic (exact) mass is 387 g/mol. The van der Waals surface area contributed by atoms with Gasteiger partial charge in [-0.05, 0) is 49.7 Å². The number of nitrogens with one attached hydrogen (secondary N) is 2. The number of amides is 1. The van der Waals surface area contributed by atoms with Gasteiger partial charge in [0.05, 0.1) is 16.3 Å². The van der Waals surface area contributed by atoms with Gasteiger partial charge in [0.15, 0.2) is 5.13 Å². The summed E-state index contributed by atoms with van der Waals surface area (Å²) >= 11 is 1.33. The second-order valence-electron chi connectivity index (χ2n) is 5.69. The molecule has 0 aliphatic carbocycles. The molecule has 0 saturated heterocycles. The number of hydrogen-bond acceptors (Lipinski definition) is 5. The highest BCUT2D eigenvalue weighted by Gasteiger charge is 2.16. The van der Waals surface area contributed by atoms with E-state index in [1.165, 1.54) is 35.6 Å². The van der Waals surface area contributed by atoms with Gasteiger partial charge in [-0.25, -0.2) is 13.4 Å². The van der Waals surface area contributed by atoms with Gasteiger partial charge >= 0.3 is 0 Å². The van der Waals surface area contributed by atoms with Crippen LogP contribution in [0.2, 0.25) is 0 Å². The molecule has 0 aliphatic heterocycles. The Morgan fingerprint density at radius 1 is 1.04 bits per heavy atom. The quantitative estimate of drug-likeness (QED) is 0.697. The van der Waals surface area contributed by atoms with Gasteiger partial charge in [0.2, 0.25) is 0 Å². The highest BCUT2D eigenvalue weighted by Crippen LogP contribution is 2.20. The standard InChI is InChI=1S/C18H17N3O3S2/c1-12-5-3-4-6-16(12)21-26(23,24)15-9-7-14(8-10-15)17(22)20-18-19-13(2)11-25-18/h3-11,21H,1-2H3,(H,19,20,22). The van der Waals surface area contributed by atoms with Gasteiger partial charge < -0.3 is 0 Å². The Labute approximate surface area is 156 Å². The summed E-state index contributed by atoms with van der Waals surface area (Å²) in [6.45, 7) is 3.67. The maximum absolute atomic E-state index is 12.5. The van der Waals surface area contributed by atoms with Gasteiger partial charge in [0.1, 0.15) is 0 Å². The number of aromatic nitrogens is 1. The van der Waals surface area contributed by atoms with Crippen molar-refractivity contribution in [2.24, 2.45) is 0 Å². The Morgan fingerprint density at radius 3 is 2.35 bits per heavy atom. The van der Waals surface area contributed by atoms with Crippen molar-refractivity contribution in [2.75, 3.05) is 10.0 Å². The number of aryl methyl sites for hydroxylation is 2. The fourth-order valence-electron chi connectivity index (χ4n) is 2.26. The highest BCUT2D eigenvalue weighted by atomic mass is 32.2. The first-order chi connectivity index (χ1) is 12.3. The minimum atomic E-state index is -3.73. The van der Waals surface area contributed by atoms with Crippen LogP contribution in [0.5, 0.6) is 0 Å². The number of nitrogens with zero attached hydrogens (tertiary/aromatic N) is 1. The molecule has 6 nitrogen and oxygen atoms in total. The third kappa shape index (κ3) is 4.09. The van der Waals surface area contributed by atoms with Crippen molar-refractivity contribution >= 4 is 38.1 Å². The largest absolute Gasteiger partial charge is 0.298 e. The number of sulfonamides is 1. The van der Waals surface area contributed by atoms with Crippen LogP contribution < -0.4 is 10.0 Å². The van der Waals surface area contributed by atoms with Crippen molar-refractivity contribution in [3.8, 4) is 0 Å². The fourth-order valence-corrected chi connectivity index (χ4v) is 4.07. The van der Waals surface area contributed by atoms with Crippen LogP contribution in [0.1, 0.15) is 21.6 Å². The number of benzene rings is 2. The van der Waals surface area contributed by atoms with Crippen molar-refractivity contribution in [3.05, 3.63) is 70.7 Å². The number of thiazole rings is 1. The zero-order valence-electron chi connectivity index (χ0n) is 14.2. The Hall–Kier alpha value is -2.71. The summed E-state index contributed by atoms with van der Waals surface area (Å²) < 4.78 is 27.6. The molecule has 1 amide bonds. The Kier molecular flexibility index (Phi) is 5.06. The van der Waals surface area contributed by atoms with E-state index in [-0.39, 0.29) is 10.8 Å². The van der Waals surface area contributed by atoms with E-state index in [4.69, 9.17) is 0 Å². The summed E-state index contributed by atoms with van der Waals surface area (Å²) in [7, 11) is -3.73. The van der Waals surface area contributed by atoms with E-state index in [2.05, 4.69) is 15.0 Å². The summed E-state index contributed by atoms with van der Waals surface area (Å²) in [5.74, 6) is -0.338. The van der Waals surface area contributed by atoms with Gasteiger partial charge in [0.25, 0.3) is 15.9 Å². The van der Waals surface area contributed by atoms with Crippen LogP contribution >= 0.6 is 11.3 Å². The Bertz CT molecular complexity index is 1040. The lowest BCUT2D eigenvalue weighted by molar-refractivity contribution is 0.102. The fraction of sp³-hybridized carbons (Fsp3) is 0.111. The maximum atomic E-state index is 12.5.